The van der Waals surface area contributed by atoms with E-state index in [1.807, 2.05) is 4.72 Å². The van der Waals surface area contributed by atoms with Gasteiger partial charge in [-0.2, -0.15) is 0 Å². The van der Waals surface area contributed by atoms with Crippen LogP contribution >= 0.6 is 0 Å². The topological polar surface area (TPSA) is 63.2 Å². The molecule has 0 unspecified atom stereocenters. The highest BCUT2D eigenvalue weighted by Crippen LogP contribution is 2.41. The molecule has 0 radical (unpaired) electrons. The van der Waals surface area contributed by atoms with E-state index in [9.17, 15) is 13.2 Å². The number of sulfonamides is 1. The van der Waals surface area contributed by atoms with Crippen LogP contribution < -0.4 is 4.72 Å². The molecule has 0 atom stereocenters. The summed E-state index contributed by atoms with van der Waals surface area (Å²) in [6.45, 7) is 1.62. The fourth-order valence-corrected chi connectivity index (χ4v) is 1.70. The molecular weight excluding hydrogens is 154 g/mol. The van der Waals surface area contributed by atoms with Crippen LogP contribution in [0.3, 0.4) is 0 Å². The number of carbonyl (C=O) groups is 1. The molecule has 1 rings (SSSR count). The van der Waals surface area contributed by atoms with Crippen LogP contribution in [0.15, 0.2) is 0 Å². The van der Waals surface area contributed by atoms with Gasteiger partial charge in [0.2, 0.25) is 16.4 Å². The lowest BCUT2D eigenvalue weighted by atomic mass is 10.5. The predicted molar refractivity (Wildman–Crippen MR) is 35.8 cm³/mol. The van der Waals surface area contributed by atoms with Crippen LogP contribution in [0.5, 0.6) is 0 Å². The van der Waals surface area contributed by atoms with Gasteiger partial charge in [-0.25, -0.2) is 8.42 Å². The van der Waals surface area contributed by atoms with Gasteiger partial charge in [-0.3, -0.25) is 9.52 Å². The van der Waals surface area contributed by atoms with Crippen LogP contribution in [0.25, 0.3) is 0 Å². The van der Waals surface area contributed by atoms with Gasteiger partial charge in [0.15, 0.2) is 0 Å². The van der Waals surface area contributed by atoms with Crippen molar-refractivity contribution in [1.82, 2.24) is 4.72 Å². The van der Waals surface area contributed by atoms with E-state index < -0.39 is 14.8 Å². The Bertz CT molecular complexity index is 240. The SMILES string of the molecule is CC1(S(=O)(=O)NC=O)CC1. The normalized spacial score (nSPS) is 21.7. The molecule has 1 saturated carbocycles. The molecule has 1 amide bonds. The fraction of sp³-hybridized carbons (Fsp3) is 0.800. The lowest BCUT2D eigenvalue weighted by molar-refractivity contribution is -0.108. The molecule has 0 aromatic carbocycles. The van der Waals surface area contributed by atoms with E-state index in [2.05, 4.69) is 0 Å². The van der Waals surface area contributed by atoms with Crippen molar-refractivity contribution in [3.63, 3.8) is 0 Å². The third-order valence-electron chi connectivity index (χ3n) is 1.81. The molecule has 0 spiro atoms. The number of amides is 1. The van der Waals surface area contributed by atoms with Crippen LogP contribution in [0.4, 0.5) is 0 Å². The van der Waals surface area contributed by atoms with Gasteiger partial charge < -0.3 is 0 Å². The molecule has 58 valence electrons. The zero-order valence-electron chi connectivity index (χ0n) is 5.62. The van der Waals surface area contributed by atoms with Crippen LogP contribution in [0.1, 0.15) is 19.8 Å². The van der Waals surface area contributed by atoms with Crippen LogP contribution in [0.2, 0.25) is 0 Å². The number of rotatable bonds is 3. The highest BCUT2D eigenvalue weighted by molar-refractivity contribution is 7.91. The molecule has 10 heavy (non-hydrogen) atoms. The third-order valence-corrected chi connectivity index (χ3v) is 3.92. The van der Waals surface area contributed by atoms with E-state index in [1.54, 1.807) is 6.92 Å². The average Bonchev–Trinajstić information content (AvgIpc) is 2.49. The van der Waals surface area contributed by atoms with Gasteiger partial charge in [0.25, 0.3) is 0 Å². The van der Waals surface area contributed by atoms with Gasteiger partial charge in [0.05, 0.1) is 4.75 Å². The molecule has 0 heterocycles. The highest BCUT2D eigenvalue weighted by atomic mass is 32.2. The minimum absolute atomic E-state index is 0.207. The summed E-state index contributed by atoms with van der Waals surface area (Å²) in [5.41, 5.74) is 0. The quantitative estimate of drug-likeness (QED) is 0.576. The van der Waals surface area contributed by atoms with E-state index >= 15 is 0 Å². The molecule has 0 aliphatic heterocycles. The van der Waals surface area contributed by atoms with Crippen LogP contribution in [-0.2, 0) is 14.8 Å². The van der Waals surface area contributed by atoms with Crippen molar-refractivity contribution < 1.29 is 13.2 Å². The van der Waals surface area contributed by atoms with E-state index in [-0.39, 0.29) is 6.41 Å². The van der Waals surface area contributed by atoms with E-state index in [4.69, 9.17) is 0 Å². The molecule has 1 aliphatic rings. The largest absolute Gasteiger partial charge is 0.278 e. The highest BCUT2D eigenvalue weighted by Gasteiger charge is 2.49. The van der Waals surface area contributed by atoms with Crippen molar-refractivity contribution in [2.24, 2.45) is 0 Å². The monoisotopic (exact) mass is 163 g/mol. The van der Waals surface area contributed by atoms with Crippen molar-refractivity contribution >= 4 is 16.4 Å². The van der Waals surface area contributed by atoms with Gasteiger partial charge in [-0.05, 0) is 19.8 Å². The molecule has 4 nitrogen and oxygen atoms in total. The summed E-state index contributed by atoms with van der Waals surface area (Å²) in [5.74, 6) is 0. The summed E-state index contributed by atoms with van der Waals surface area (Å²) in [4.78, 5) is 9.80. The minimum atomic E-state index is -3.35. The smallest absolute Gasteiger partial charge is 0.240 e. The van der Waals surface area contributed by atoms with Gasteiger partial charge in [-0.1, -0.05) is 0 Å². The maximum absolute atomic E-state index is 11.0. The Morgan fingerprint density at radius 3 is 2.30 bits per heavy atom. The second kappa shape index (κ2) is 1.95. The van der Waals surface area contributed by atoms with E-state index in [1.165, 1.54) is 0 Å². The summed E-state index contributed by atoms with van der Waals surface area (Å²) >= 11 is 0. The zero-order chi connectivity index (χ0) is 7.83. The third kappa shape index (κ3) is 1.01. The summed E-state index contributed by atoms with van der Waals surface area (Å²) in [6, 6.07) is 0. The number of hydrogen-bond donors (Lipinski definition) is 1. The summed E-state index contributed by atoms with van der Waals surface area (Å²) < 4.78 is 23.1. The summed E-state index contributed by atoms with van der Waals surface area (Å²) in [7, 11) is -3.35. The number of nitrogens with one attached hydrogen (secondary N) is 1. The maximum Gasteiger partial charge on any atom is 0.240 e. The first kappa shape index (κ1) is 7.53. The predicted octanol–water partition coefficient (Wildman–Crippen LogP) is -0.385. The first-order valence-corrected chi connectivity index (χ1v) is 4.46. The van der Waals surface area contributed by atoms with Crippen LogP contribution in [-0.4, -0.2) is 19.6 Å². The van der Waals surface area contributed by atoms with Crippen LogP contribution in [0, 0.1) is 0 Å². The Morgan fingerprint density at radius 2 is 2.00 bits per heavy atom. The van der Waals surface area contributed by atoms with Crippen molar-refractivity contribution in [3.8, 4) is 0 Å². The molecule has 0 bridgehead atoms. The Kier molecular flexibility index (Phi) is 1.47. The Morgan fingerprint density at radius 1 is 1.50 bits per heavy atom. The average molecular weight is 163 g/mol. The first-order valence-electron chi connectivity index (χ1n) is 2.97. The summed E-state index contributed by atoms with van der Waals surface area (Å²) in [5, 5.41) is 0. The lowest BCUT2D eigenvalue weighted by Crippen LogP contribution is -2.32. The Balaban J connectivity index is 2.78. The van der Waals surface area contributed by atoms with Crippen molar-refractivity contribution in [1.29, 1.82) is 0 Å². The molecular formula is C5H9NO3S. The molecule has 1 fully saturated rings. The second-order valence-corrected chi connectivity index (χ2v) is 4.92. The van der Waals surface area contributed by atoms with E-state index in [0.29, 0.717) is 12.8 Å². The molecule has 1 aliphatic carbocycles. The van der Waals surface area contributed by atoms with Crippen molar-refractivity contribution in [2.75, 3.05) is 0 Å². The summed E-state index contributed by atoms with van der Waals surface area (Å²) in [6.07, 6.45) is 1.51. The Labute approximate surface area is 59.7 Å². The number of carbonyl (C=O) groups excluding carboxylic acids is 1. The standard InChI is InChI=1S/C5H9NO3S/c1-5(2-3-5)10(8,9)6-4-7/h4H,2-3H2,1H3,(H,6,7). The Hall–Kier alpha value is -0.580. The molecule has 5 heteroatoms. The van der Waals surface area contributed by atoms with E-state index in [0.717, 1.165) is 0 Å². The van der Waals surface area contributed by atoms with Gasteiger partial charge in [-0.15, -0.1) is 0 Å². The molecule has 0 aromatic heterocycles. The fourth-order valence-electron chi connectivity index (χ4n) is 0.650. The van der Waals surface area contributed by atoms with Gasteiger partial charge in [0.1, 0.15) is 0 Å². The lowest BCUT2D eigenvalue weighted by Gasteiger charge is -2.06. The molecule has 0 saturated heterocycles. The van der Waals surface area contributed by atoms with Gasteiger partial charge >= 0.3 is 0 Å². The van der Waals surface area contributed by atoms with Crippen molar-refractivity contribution in [2.45, 2.75) is 24.5 Å². The van der Waals surface area contributed by atoms with Gasteiger partial charge in [0, 0.05) is 0 Å². The first-order chi connectivity index (χ1) is 4.52. The molecule has 0 aromatic rings. The second-order valence-electron chi connectivity index (χ2n) is 2.69. The van der Waals surface area contributed by atoms with Crippen molar-refractivity contribution in [3.05, 3.63) is 0 Å². The minimum Gasteiger partial charge on any atom is -0.278 e. The molecule has 1 N–H and O–H groups in total. The maximum atomic E-state index is 11.0. The number of hydrogen-bond acceptors (Lipinski definition) is 3. The zero-order valence-corrected chi connectivity index (χ0v) is 6.44.